The van der Waals surface area contributed by atoms with Crippen molar-refractivity contribution in [2.75, 3.05) is 0 Å². The minimum atomic E-state index is 1.03. The van der Waals surface area contributed by atoms with E-state index in [1.807, 2.05) is 27.7 Å². The van der Waals surface area contributed by atoms with Gasteiger partial charge in [0.25, 0.3) is 0 Å². The Hall–Kier alpha value is -0.960. The number of allylic oxidation sites excluding steroid dienone is 3. The summed E-state index contributed by atoms with van der Waals surface area (Å²) in [7, 11) is 0. The second-order valence-electron chi connectivity index (χ2n) is 1.77. The van der Waals surface area contributed by atoms with Gasteiger partial charge in [-0.2, -0.15) is 0 Å². The van der Waals surface area contributed by atoms with Crippen molar-refractivity contribution in [3.05, 3.63) is 23.8 Å². The first-order chi connectivity index (χ1) is 4.68. The minimum absolute atomic E-state index is 1.03. The molecule has 0 fully saturated rings. The lowest BCUT2D eigenvalue weighted by Gasteiger charge is -1.91. The lowest BCUT2D eigenvalue weighted by atomic mass is 10.1. The summed E-state index contributed by atoms with van der Waals surface area (Å²) in [6.07, 6.45) is 6.71. The van der Waals surface area contributed by atoms with Gasteiger partial charge in [-0.1, -0.05) is 31.9 Å². The average Bonchev–Trinajstić information content (AvgIpc) is 1.93. The molecule has 0 bridgehead atoms. The van der Waals surface area contributed by atoms with E-state index in [-0.39, 0.29) is 0 Å². The van der Waals surface area contributed by atoms with E-state index in [9.17, 15) is 0 Å². The van der Waals surface area contributed by atoms with Gasteiger partial charge in [0.1, 0.15) is 0 Å². The molecular formula is C10H16. The van der Waals surface area contributed by atoms with Gasteiger partial charge in [-0.25, -0.2) is 0 Å². The number of terminal acetylenes is 1. The van der Waals surface area contributed by atoms with E-state index in [1.54, 1.807) is 6.08 Å². The van der Waals surface area contributed by atoms with Gasteiger partial charge >= 0.3 is 0 Å². The van der Waals surface area contributed by atoms with Crippen molar-refractivity contribution in [1.82, 2.24) is 0 Å². The van der Waals surface area contributed by atoms with Crippen LogP contribution in [0.3, 0.4) is 0 Å². The Bertz CT molecular complexity index is 153. The van der Waals surface area contributed by atoms with Crippen LogP contribution in [-0.4, -0.2) is 0 Å². The predicted molar refractivity (Wildman–Crippen MR) is 48.8 cm³/mol. The first-order valence-electron chi connectivity index (χ1n) is 3.47. The molecule has 0 atom stereocenters. The first-order valence-corrected chi connectivity index (χ1v) is 3.47. The van der Waals surface area contributed by atoms with Crippen LogP contribution >= 0.6 is 0 Å². The molecule has 0 aliphatic carbocycles. The van der Waals surface area contributed by atoms with Crippen molar-refractivity contribution in [1.29, 1.82) is 0 Å². The van der Waals surface area contributed by atoms with Crippen LogP contribution in [0.5, 0.6) is 0 Å². The molecule has 0 aromatic carbocycles. The molecule has 0 nitrogen and oxygen atoms in total. The highest BCUT2D eigenvalue weighted by Crippen LogP contribution is 2.02. The largest absolute Gasteiger partial charge is 0.115 e. The maximum Gasteiger partial charge on any atom is -0.00899 e. The monoisotopic (exact) mass is 136 g/mol. The normalized spacial score (nSPS) is 8.90. The topological polar surface area (TPSA) is 0 Å². The lowest BCUT2D eigenvalue weighted by molar-refractivity contribution is 1.37. The van der Waals surface area contributed by atoms with E-state index >= 15 is 0 Å². The zero-order valence-corrected chi connectivity index (χ0v) is 7.36. The summed E-state index contributed by atoms with van der Waals surface area (Å²) in [6, 6.07) is 0. The second-order valence-corrected chi connectivity index (χ2v) is 1.77. The number of rotatable bonds is 1. The smallest absolute Gasteiger partial charge is 0.00899 e. The molecule has 0 unspecified atom stereocenters. The molecule has 0 amide bonds. The molecule has 0 aliphatic rings. The summed E-state index contributed by atoms with van der Waals surface area (Å²) in [5, 5.41) is 0. The summed E-state index contributed by atoms with van der Waals surface area (Å²) in [6.45, 7) is 11.6. The molecule has 0 aliphatic heterocycles. The van der Waals surface area contributed by atoms with E-state index < -0.39 is 0 Å². The predicted octanol–water partition coefficient (Wildman–Crippen LogP) is 3.17. The fourth-order valence-electron chi connectivity index (χ4n) is 0.248. The van der Waals surface area contributed by atoms with E-state index in [4.69, 9.17) is 6.42 Å². The van der Waals surface area contributed by atoms with Gasteiger partial charge in [-0.3, -0.25) is 0 Å². The van der Waals surface area contributed by atoms with E-state index in [0.717, 1.165) is 11.1 Å². The number of hydrogen-bond donors (Lipinski definition) is 0. The van der Waals surface area contributed by atoms with Crippen molar-refractivity contribution in [3.8, 4) is 12.3 Å². The molecule has 56 valence electrons. The fraction of sp³-hybridized carbons (Fsp3) is 0.400. The van der Waals surface area contributed by atoms with E-state index in [2.05, 4.69) is 12.5 Å². The summed E-state index contributed by atoms with van der Waals surface area (Å²) in [5.41, 5.74) is 2.11. The van der Waals surface area contributed by atoms with Crippen LogP contribution < -0.4 is 0 Å². The van der Waals surface area contributed by atoms with Crippen LogP contribution in [0, 0.1) is 12.3 Å². The average molecular weight is 136 g/mol. The molecule has 0 N–H and O–H groups in total. The highest BCUT2D eigenvalue weighted by atomic mass is 13.9. The van der Waals surface area contributed by atoms with Gasteiger partial charge in [-0.05, 0) is 25.5 Å². The molecule has 0 rings (SSSR count). The van der Waals surface area contributed by atoms with Crippen LogP contribution in [0.2, 0.25) is 0 Å². The highest BCUT2D eigenvalue weighted by molar-refractivity contribution is 5.30. The molecular weight excluding hydrogens is 120 g/mol. The molecule has 0 heteroatoms. The third-order valence-corrected chi connectivity index (χ3v) is 0.973. The van der Waals surface area contributed by atoms with Gasteiger partial charge in [0.2, 0.25) is 0 Å². The van der Waals surface area contributed by atoms with Gasteiger partial charge in [0.05, 0.1) is 0 Å². The van der Waals surface area contributed by atoms with Gasteiger partial charge in [0, 0.05) is 0 Å². The van der Waals surface area contributed by atoms with Gasteiger partial charge in [-0.15, -0.1) is 6.42 Å². The summed E-state index contributed by atoms with van der Waals surface area (Å²) in [5.74, 6) is 2.43. The molecule has 0 spiro atoms. The molecule has 0 aromatic rings. The van der Waals surface area contributed by atoms with Crippen molar-refractivity contribution in [3.63, 3.8) is 0 Å². The Morgan fingerprint density at radius 2 is 1.80 bits per heavy atom. The Balaban J connectivity index is 0. The molecule has 0 heterocycles. The zero-order valence-electron chi connectivity index (χ0n) is 7.36. The van der Waals surface area contributed by atoms with Crippen molar-refractivity contribution in [2.24, 2.45) is 0 Å². The second kappa shape index (κ2) is 8.04. The minimum Gasteiger partial charge on any atom is -0.115 e. The fourth-order valence-corrected chi connectivity index (χ4v) is 0.248. The maximum atomic E-state index is 5.00. The standard InChI is InChI=1S/C8H10.C2H6/c1-5-6-8(4)7(2)3;1-2/h1,6H,2H2,3-4H3;1-2H3/b8-6-;. The SMILES string of the molecule is C#C/C=C(/C)C(=C)C.CC. The van der Waals surface area contributed by atoms with Crippen LogP contribution in [0.15, 0.2) is 23.8 Å². The Morgan fingerprint density at radius 3 is 1.90 bits per heavy atom. The highest BCUT2D eigenvalue weighted by Gasteiger charge is 1.83. The molecule has 0 aromatic heterocycles. The van der Waals surface area contributed by atoms with Gasteiger partial charge in [0.15, 0.2) is 0 Å². The third-order valence-electron chi connectivity index (χ3n) is 0.973. The van der Waals surface area contributed by atoms with Crippen LogP contribution in [0.1, 0.15) is 27.7 Å². The van der Waals surface area contributed by atoms with Crippen LogP contribution in [-0.2, 0) is 0 Å². The van der Waals surface area contributed by atoms with Crippen LogP contribution in [0.25, 0.3) is 0 Å². The molecule has 0 radical (unpaired) electrons. The molecule has 0 saturated heterocycles. The molecule has 0 saturated carbocycles. The summed E-state index contributed by atoms with van der Waals surface area (Å²) in [4.78, 5) is 0. The van der Waals surface area contributed by atoms with Crippen molar-refractivity contribution >= 4 is 0 Å². The molecule has 10 heavy (non-hydrogen) atoms. The van der Waals surface area contributed by atoms with E-state index in [1.165, 1.54) is 0 Å². The van der Waals surface area contributed by atoms with Crippen molar-refractivity contribution < 1.29 is 0 Å². The maximum absolute atomic E-state index is 5.00. The first kappa shape index (κ1) is 11.8. The lowest BCUT2D eigenvalue weighted by Crippen LogP contribution is -1.72. The Labute approximate surface area is 64.6 Å². The zero-order chi connectivity index (χ0) is 8.57. The van der Waals surface area contributed by atoms with Crippen LogP contribution in [0.4, 0.5) is 0 Å². The Morgan fingerprint density at radius 1 is 1.40 bits per heavy atom. The number of hydrogen-bond acceptors (Lipinski definition) is 0. The summed E-state index contributed by atoms with van der Waals surface area (Å²) >= 11 is 0. The summed E-state index contributed by atoms with van der Waals surface area (Å²) < 4.78 is 0. The third kappa shape index (κ3) is 7.04. The van der Waals surface area contributed by atoms with Gasteiger partial charge < -0.3 is 0 Å². The Kier molecular flexibility index (Phi) is 9.48. The van der Waals surface area contributed by atoms with E-state index in [0.29, 0.717) is 0 Å². The van der Waals surface area contributed by atoms with Crippen molar-refractivity contribution in [2.45, 2.75) is 27.7 Å². The quantitative estimate of drug-likeness (QED) is 0.383.